The molecule has 0 aromatic carbocycles. The minimum absolute atomic E-state index is 0.102. The van der Waals surface area contributed by atoms with Crippen LogP contribution in [0, 0.1) is 0 Å². The Kier molecular flexibility index (Phi) is 4.32. The van der Waals surface area contributed by atoms with E-state index in [2.05, 4.69) is 0 Å². The number of aliphatic hydroxyl groups is 1. The molecule has 0 aromatic heterocycles. The molecule has 0 radical (unpaired) electrons. The molecule has 6 heteroatoms. The molecule has 16 heavy (non-hydrogen) atoms. The van der Waals surface area contributed by atoms with E-state index in [9.17, 15) is 13.2 Å². The lowest BCUT2D eigenvalue weighted by Gasteiger charge is -2.29. The van der Waals surface area contributed by atoms with Crippen molar-refractivity contribution in [3.63, 3.8) is 0 Å². The Morgan fingerprint density at radius 2 is 2.12 bits per heavy atom. The van der Waals surface area contributed by atoms with Crippen LogP contribution in [0.3, 0.4) is 0 Å². The molecule has 0 saturated carbocycles. The summed E-state index contributed by atoms with van der Waals surface area (Å²) in [5.41, 5.74) is 0. The van der Waals surface area contributed by atoms with Crippen LogP contribution >= 0.6 is 0 Å². The molecular formula is C10H19NO4S. The average Bonchev–Trinajstić information content (AvgIpc) is 2.25. The molecular weight excluding hydrogens is 230 g/mol. The van der Waals surface area contributed by atoms with Gasteiger partial charge >= 0.3 is 0 Å². The van der Waals surface area contributed by atoms with Crippen LogP contribution in [0.2, 0.25) is 0 Å². The SMILES string of the molecule is CC(CO)N(C)C(=O)C1CCCCS1(=O)=O. The zero-order valence-electron chi connectivity index (χ0n) is 9.72. The summed E-state index contributed by atoms with van der Waals surface area (Å²) in [4.78, 5) is 13.3. The van der Waals surface area contributed by atoms with Crippen LogP contribution in [-0.4, -0.2) is 55.0 Å². The Balaban J connectivity index is 2.80. The largest absolute Gasteiger partial charge is 0.394 e. The van der Waals surface area contributed by atoms with E-state index in [0.29, 0.717) is 12.8 Å². The zero-order valence-corrected chi connectivity index (χ0v) is 10.5. The van der Waals surface area contributed by atoms with Crippen molar-refractivity contribution in [2.24, 2.45) is 0 Å². The highest BCUT2D eigenvalue weighted by Crippen LogP contribution is 2.21. The van der Waals surface area contributed by atoms with E-state index in [1.165, 1.54) is 11.9 Å². The van der Waals surface area contributed by atoms with Gasteiger partial charge in [0.15, 0.2) is 9.84 Å². The summed E-state index contributed by atoms with van der Waals surface area (Å²) in [6, 6.07) is -0.343. The fourth-order valence-corrected chi connectivity index (χ4v) is 3.69. The molecule has 1 aliphatic rings. The van der Waals surface area contributed by atoms with Gasteiger partial charge in [0.1, 0.15) is 5.25 Å². The van der Waals surface area contributed by atoms with E-state index in [-0.39, 0.29) is 24.3 Å². The number of rotatable bonds is 3. The molecule has 0 bridgehead atoms. The normalized spacial score (nSPS) is 26.1. The second-order valence-electron chi connectivity index (χ2n) is 4.33. The molecule has 2 atom stereocenters. The van der Waals surface area contributed by atoms with Crippen LogP contribution in [0.25, 0.3) is 0 Å². The Bertz CT molecular complexity index is 352. The van der Waals surface area contributed by atoms with Gasteiger partial charge in [0.05, 0.1) is 18.4 Å². The molecule has 2 unspecified atom stereocenters. The third-order valence-corrected chi connectivity index (χ3v) is 5.29. The lowest BCUT2D eigenvalue weighted by molar-refractivity contribution is -0.132. The monoisotopic (exact) mass is 249 g/mol. The Morgan fingerprint density at radius 1 is 1.50 bits per heavy atom. The Hall–Kier alpha value is -0.620. The molecule has 1 amide bonds. The number of sulfone groups is 1. The summed E-state index contributed by atoms with van der Waals surface area (Å²) in [6.07, 6.45) is 1.83. The van der Waals surface area contributed by atoms with Gasteiger partial charge in [0.25, 0.3) is 0 Å². The smallest absolute Gasteiger partial charge is 0.240 e. The average molecular weight is 249 g/mol. The van der Waals surface area contributed by atoms with Gasteiger partial charge in [0, 0.05) is 7.05 Å². The summed E-state index contributed by atoms with van der Waals surface area (Å²) < 4.78 is 23.5. The highest BCUT2D eigenvalue weighted by Gasteiger charge is 2.37. The first kappa shape index (κ1) is 13.4. The van der Waals surface area contributed by atoms with Crippen LogP contribution in [0.1, 0.15) is 26.2 Å². The summed E-state index contributed by atoms with van der Waals surface area (Å²) >= 11 is 0. The molecule has 1 heterocycles. The van der Waals surface area contributed by atoms with E-state index in [1.54, 1.807) is 6.92 Å². The van der Waals surface area contributed by atoms with Crippen molar-refractivity contribution >= 4 is 15.7 Å². The van der Waals surface area contributed by atoms with Crippen molar-refractivity contribution < 1.29 is 18.3 Å². The van der Waals surface area contributed by atoms with Gasteiger partial charge < -0.3 is 10.0 Å². The van der Waals surface area contributed by atoms with Crippen LogP contribution in [0.4, 0.5) is 0 Å². The van der Waals surface area contributed by atoms with Crippen molar-refractivity contribution in [2.45, 2.75) is 37.5 Å². The van der Waals surface area contributed by atoms with Crippen LogP contribution < -0.4 is 0 Å². The van der Waals surface area contributed by atoms with Crippen molar-refractivity contribution in [3.8, 4) is 0 Å². The maximum atomic E-state index is 11.9. The molecule has 0 aliphatic carbocycles. The maximum absolute atomic E-state index is 11.9. The van der Waals surface area contributed by atoms with Crippen LogP contribution in [-0.2, 0) is 14.6 Å². The van der Waals surface area contributed by atoms with Gasteiger partial charge in [0.2, 0.25) is 5.91 Å². The molecule has 1 aliphatic heterocycles. The number of hydrogen-bond acceptors (Lipinski definition) is 4. The number of carbonyl (C=O) groups excluding carboxylic acids is 1. The summed E-state index contributed by atoms with van der Waals surface area (Å²) in [6.45, 7) is 1.53. The third kappa shape index (κ3) is 2.74. The molecule has 5 nitrogen and oxygen atoms in total. The highest BCUT2D eigenvalue weighted by molar-refractivity contribution is 7.92. The topological polar surface area (TPSA) is 74.7 Å². The number of aliphatic hydroxyl groups excluding tert-OH is 1. The number of hydrogen-bond donors (Lipinski definition) is 1. The van der Waals surface area contributed by atoms with E-state index < -0.39 is 15.1 Å². The van der Waals surface area contributed by atoms with Crippen molar-refractivity contribution in [2.75, 3.05) is 19.4 Å². The summed E-state index contributed by atoms with van der Waals surface area (Å²) in [5.74, 6) is -0.286. The van der Waals surface area contributed by atoms with E-state index in [0.717, 1.165) is 6.42 Å². The Labute approximate surface area is 96.4 Å². The molecule has 1 saturated heterocycles. The van der Waals surface area contributed by atoms with Crippen LogP contribution in [0.15, 0.2) is 0 Å². The second-order valence-corrected chi connectivity index (χ2v) is 6.64. The van der Waals surface area contributed by atoms with E-state index in [4.69, 9.17) is 5.11 Å². The first-order valence-corrected chi connectivity index (χ1v) is 7.21. The predicted octanol–water partition coefficient (Wildman–Crippen LogP) is -0.207. The first-order chi connectivity index (χ1) is 7.40. The number of nitrogens with zero attached hydrogens (tertiary/aromatic N) is 1. The third-order valence-electron chi connectivity index (χ3n) is 3.13. The fraction of sp³-hybridized carbons (Fsp3) is 0.900. The summed E-state index contributed by atoms with van der Waals surface area (Å²) in [5, 5.41) is 8.04. The molecule has 1 N–H and O–H groups in total. The minimum atomic E-state index is -3.28. The van der Waals surface area contributed by atoms with Gasteiger partial charge in [-0.1, -0.05) is 6.42 Å². The zero-order chi connectivity index (χ0) is 12.3. The summed E-state index contributed by atoms with van der Waals surface area (Å²) in [7, 11) is -1.75. The van der Waals surface area contributed by atoms with Crippen LogP contribution in [0.5, 0.6) is 0 Å². The predicted molar refractivity (Wildman–Crippen MR) is 60.7 cm³/mol. The second kappa shape index (κ2) is 5.14. The molecule has 0 spiro atoms. The lowest BCUT2D eigenvalue weighted by Crippen LogP contribution is -2.47. The van der Waals surface area contributed by atoms with E-state index >= 15 is 0 Å². The molecule has 1 rings (SSSR count). The van der Waals surface area contributed by atoms with Gasteiger partial charge in [-0.25, -0.2) is 8.42 Å². The lowest BCUT2D eigenvalue weighted by atomic mass is 10.1. The van der Waals surface area contributed by atoms with Gasteiger partial charge in [-0.2, -0.15) is 0 Å². The first-order valence-electron chi connectivity index (χ1n) is 5.49. The molecule has 1 fully saturated rings. The number of likely N-dealkylation sites (N-methyl/N-ethyl adjacent to an activating group) is 1. The molecule has 94 valence electrons. The van der Waals surface area contributed by atoms with Crippen molar-refractivity contribution in [1.82, 2.24) is 4.90 Å². The fourth-order valence-electron chi connectivity index (χ4n) is 1.80. The number of carbonyl (C=O) groups is 1. The van der Waals surface area contributed by atoms with Gasteiger partial charge in [-0.05, 0) is 19.8 Å². The Morgan fingerprint density at radius 3 is 2.62 bits per heavy atom. The van der Waals surface area contributed by atoms with Crippen molar-refractivity contribution in [1.29, 1.82) is 0 Å². The maximum Gasteiger partial charge on any atom is 0.240 e. The molecule has 0 aromatic rings. The minimum Gasteiger partial charge on any atom is -0.394 e. The standard InChI is InChI=1S/C10H19NO4S/c1-8(7-12)11(2)10(13)9-5-3-4-6-16(9,14)15/h8-9,12H,3-7H2,1-2H3. The van der Waals surface area contributed by atoms with E-state index in [1.807, 2.05) is 0 Å². The number of amides is 1. The quantitative estimate of drug-likeness (QED) is 0.751. The highest BCUT2D eigenvalue weighted by atomic mass is 32.2. The van der Waals surface area contributed by atoms with Gasteiger partial charge in [-0.15, -0.1) is 0 Å². The van der Waals surface area contributed by atoms with Gasteiger partial charge in [-0.3, -0.25) is 4.79 Å². The van der Waals surface area contributed by atoms with Crippen molar-refractivity contribution in [3.05, 3.63) is 0 Å².